The summed E-state index contributed by atoms with van der Waals surface area (Å²) in [5.74, 6) is 0.152. The molecule has 2 aliphatic heterocycles. The quantitative estimate of drug-likeness (QED) is 0.716. The van der Waals surface area contributed by atoms with E-state index in [1.807, 2.05) is 34.1 Å². The number of oxazole rings is 1. The van der Waals surface area contributed by atoms with Gasteiger partial charge in [0.1, 0.15) is 11.6 Å². The standard InChI is InChI=1S/C18H20N6O2/c25-17(22-11-7-13(12-22)24-19-8-9-20-24)15-5-3-10-23(15)18-21-14-4-1-2-6-16(14)26-18/h1-2,4,6,8-9,13,15H,3,5,7,10-12H2. The third kappa shape index (κ3) is 2.53. The lowest BCUT2D eigenvalue weighted by Gasteiger charge is -2.26. The molecule has 0 spiro atoms. The van der Waals surface area contributed by atoms with Crippen molar-refractivity contribution in [2.24, 2.45) is 0 Å². The van der Waals surface area contributed by atoms with E-state index in [1.165, 1.54) is 0 Å². The fourth-order valence-electron chi connectivity index (χ4n) is 3.99. The number of benzene rings is 1. The average molecular weight is 352 g/mol. The van der Waals surface area contributed by atoms with Gasteiger partial charge < -0.3 is 14.2 Å². The maximum Gasteiger partial charge on any atom is 0.299 e. The number of para-hydroxylation sites is 2. The molecule has 1 aromatic carbocycles. The van der Waals surface area contributed by atoms with Gasteiger partial charge in [0.05, 0.1) is 18.4 Å². The first kappa shape index (κ1) is 15.4. The maximum absolute atomic E-state index is 13.1. The number of nitrogens with zero attached hydrogens (tertiary/aromatic N) is 6. The van der Waals surface area contributed by atoms with Gasteiger partial charge in [-0.15, -0.1) is 0 Å². The molecule has 5 rings (SSSR count). The van der Waals surface area contributed by atoms with Gasteiger partial charge in [0.2, 0.25) is 5.91 Å². The zero-order valence-electron chi connectivity index (χ0n) is 14.4. The molecule has 0 aliphatic carbocycles. The van der Waals surface area contributed by atoms with Crippen LogP contribution in [0.1, 0.15) is 25.3 Å². The molecule has 0 bridgehead atoms. The topological polar surface area (TPSA) is 80.3 Å². The van der Waals surface area contributed by atoms with Crippen LogP contribution in [0.4, 0.5) is 6.01 Å². The summed E-state index contributed by atoms with van der Waals surface area (Å²) in [6, 6.07) is 8.21. The number of likely N-dealkylation sites (tertiary alicyclic amines) is 1. The molecule has 4 heterocycles. The number of hydrogen-bond donors (Lipinski definition) is 0. The minimum atomic E-state index is -0.201. The summed E-state index contributed by atoms with van der Waals surface area (Å²) in [7, 11) is 0. The van der Waals surface area contributed by atoms with Crippen LogP contribution in [0.25, 0.3) is 11.1 Å². The van der Waals surface area contributed by atoms with E-state index >= 15 is 0 Å². The van der Waals surface area contributed by atoms with Crippen molar-refractivity contribution < 1.29 is 9.21 Å². The first-order chi connectivity index (χ1) is 12.8. The normalized spacial score (nSPS) is 23.2. The lowest BCUT2D eigenvalue weighted by atomic mass is 10.2. The molecule has 3 aromatic rings. The van der Waals surface area contributed by atoms with Gasteiger partial charge in [-0.3, -0.25) is 4.79 Å². The number of aromatic nitrogens is 4. The minimum Gasteiger partial charge on any atom is -0.423 e. The van der Waals surface area contributed by atoms with Crippen molar-refractivity contribution in [1.29, 1.82) is 0 Å². The summed E-state index contributed by atoms with van der Waals surface area (Å²) >= 11 is 0. The summed E-state index contributed by atoms with van der Waals surface area (Å²) in [6.45, 7) is 2.19. The van der Waals surface area contributed by atoms with Gasteiger partial charge in [-0.25, -0.2) is 0 Å². The molecule has 2 unspecified atom stereocenters. The first-order valence-corrected chi connectivity index (χ1v) is 9.06. The highest BCUT2D eigenvalue weighted by Gasteiger charge is 2.39. The molecule has 0 saturated carbocycles. The predicted molar refractivity (Wildman–Crippen MR) is 94.6 cm³/mol. The van der Waals surface area contributed by atoms with Crippen LogP contribution in [0.15, 0.2) is 41.1 Å². The second-order valence-electron chi connectivity index (χ2n) is 6.89. The van der Waals surface area contributed by atoms with Crippen LogP contribution in [0.5, 0.6) is 0 Å². The molecule has 26 heavy (non-hydrogen) atoms. The van der Waals surface area contributed by atoms with Crippen molar-refractivity contribution in [3.8, 4) is 0 Å². The highest BCUT2D eigenvalue weighted by Crippen LogP contribution is 2.30. The fraction of sp³-hybridized carbons (Fsp3) is 0.444. The maximum atomic E-state index is 13.1. The van der Waals surface area contributed by atoms with Crippen LogP contribution in [0, 0.1) is 0 Å². The van der Waals surface area contributed by atoms with Gasteiger partial charge in [-0.2, -0.15) is 20.0 Å². The van der Waals surface area contributed by atoms with Gasteiger partial charge in [-0.1, -0.05) is 12.1 Å². The predicted octanol–water partition coefficient (Wildman–Crippen LogP) is 1.86. The van der Waals surface area contributed by atoms with Crippen molar-refractivity contribution in [2.75, 3.05) is 24.5 Å². The Bertz CT molecular complexity index is 888. The number of fused-ring (bicyclic) bond motifs is 1. The Labute approximate surface area is 150 Å². The zero-order chi connectivity index (χ0) is 17.5. The molecule has 2 atom stereocenters. The Hall–Kier alpha value is -2.90. The number of anilines is 1. The van der Waals surface area contributed by atoms with E-state index in [0.29, 0.717) is 12.6 Å². The van der Waals surface area contributed by atoms with E-state index in [-0.39, 0.29) is 18.0 Å². The fourth-order valence-corrected chi connectivity index (χ4v) is 3.99. The van der Waals surface area contributed by atoms with Crippen molar-refractivity contribution in [2.45, 2.75) is 31.3 Å². The third-order valence-corrected chi connectivity index (χ3v) is 5.30. The van der Waals surface area contributed by atoms with Crippen LogP contribution < -0.4 is 4.90 Å². The lowest BCUT2D eigenvalue weighted by molar-refractivity contribution is -0.131. The largest absolute Gasteiger partial charge is 0.423 e. The van der Waals surface area contributed by atoms with Crippen LogP contribution in [0.3, 0.4) is 0 Å². The molecular formula is C18H20N6O2. The molecule has 2 aliphatic rings. The van der Waals surface area contributed by atoms with Crippen LogP contribution in [-0.4, -0.2) is 56.5 Å². The zero-order valence-corrected chi connectivity index (χ0v) is 14.4. The summed E-state index contributed by atoms with van der Waals surface area (Å²) in [5, 5.41) is 8.42. The van der Waals surface area contributed by atoms with Gasteiger partial charge >= 0.3 is 0 Å². The molecule has 2 aromatic heterocycles. The number of rotatable bonds is 3. The Morgan fingerprint density at radius 1 is 1.12 bits per heavy atom. The molecule has 8 heteroatoms. The summed E-state index contributed by atoms with van der Waals surface area (Å²) in [6.07, 6.45) is 6.04. The molecule has 134 valence electrons. The van der Waals surface area contributed by atoms with Crippen molar-refractivity contribution >= 4 is 23.0 Å². The van der Waals surface area contributed by atoms with Crippen molar-refractivity contribution in [1.82, 2.24) is 24.9 Å². The highest BCUT2D eigenvalue weighted by atomic mass is 16.4. The summed E-state index contributed by atoms with van der Waals surface area (Å²) < 4.78 is 5.90. The number of hydrogen-bond acceptors (Lipinski definition) is 6. The van der Waals surface area contributed by atoms with Crippen LogP contribution in [0.2, 0.25) is 0 Å². The minimum absolute atomic E-state index is 0.152. The number of amides is 1. The van der Waals surface area contributed by atoms with Crippen LogP contribution in [-0.2, 0) is 4.79 Å². The molecule has 0 radical (unpaired) electrons. The van der Waals surface area contributed by atoms with E-state index in [4.69, 9.17) is 4.42 Å². The summed E-state index contributed by atoms with van der Waals surface area (Å²) in [4.78, 5) is 23.4. The third-order valence-electron chi connectivity index (χ3n) is 5.30. The Morgan fingerprint density at radius 2 is 1.96 bits per heavy atom. The monoisotopic (exact) mass is 352 g/mol. The van der Waals surface area contributed by atoms with E-state index in [9.17, 15) is 4.79 Å². The Morgan fingerprint density at radius 3 is 2.81 bits per heavy atom. The number of carbonyl (C=O) groups is 1. The Balaban J connectivity index is 1.34. The molecular weight excluding hydrogens is 332 g/mol. The van der Waals surface area contributed by atoms with Crippen LogP contribution >= 0.6 is 0 Å². The van der Waals surface area contributed by atoms with E-state index in [1.54, 1.807) is 17.2 Å². The molecule has 2 saturated heterocycles. The average Bonchev–Trinajstić information content (AvgIpc) is 3.47. The second-order valence-corrected chi connectivity index (χ2v) is 6.89. The van der Waals surface area contributed by atoms with Crippen molar-refractivity contribution in [3.63, 3.8) is 0 Å². The van der Waals surface area contributed by atoms with Gasteiger partial charge in [0.25, 0.3) is 6.01 Å². The second kappa shape index (κ2) is 6.12. The smallest absolute Gasteiger partial charge is 0.299 e. The molecule has 1 amide bonds. The molecule has 2 fully saturated rings. The van der Waals surface area contributed by atoms with Gasteiger partial charge in [-0.05, 0) is 31.4 Å². The van der Waals surface area contributed by atoms with E-state index < -0.39 is 0 Å². The molecule has 0 N–H and O–H groups in total. The Kier molecular flexibility index (Phi) is 3.62. The lowest BCUT2D eigenvalue weighted by Crippen LogP contribution is -2.45. The summed E-state index contributed by atoms with van der Waals surface area (Å²) in [5.41, 5.74) is 1.58. The number of carbonyl (C=O) groups excluding carboxylic acids is 1. The SMILES string of the molecule is O=C(C1CCCN1c1nc2ccccc2o1)N1CCC(n2nccn2)C1. The van der Waals surface area contributed by atoms with Crippen molar-refractivity contribution in [3.05, 3.63) is 36.7 Å². The first-order valence-electron chi connectivity index (χ1n) is 9.06. The highest BCUT2D eigenvalue weighted by molar-refractivity contribution is 5.86. The molecule has 8 nitrogen and oxygen atoms in total. The van der Waals surface area contributed by atoms with Gasteiger partial charge in [0, 0.05) is 19.6 Å². The van der Waals surface area contributed by atoms with E-state index in [0.717, 1.165) is 43.5 Å². The van der Waals surface area contributed by atoms with Gasteiger partial charge in [0.15, 0.2) is 5.58 Å². The van der Waals surface area contributed by atoms with E-state index in [2.05, 4.69) is 15.2 Å².